The van der Waals surface area contributed by atoms with Gasteiger partial charge in [0.15, 0.2) is 16.6 Å². The van der Waals surface area contributed by atoms with Crippen molar-refractivity contribution in [2.45, 2.75) is 6.92 Å². The Morgan fingerprint density at radius 3 is 3.00 bits per heavy atom. The minimum atomic E-state index is 0.541. The standard InChI is InChI=1S/C10H9N5S/c1-5-2-6-8(12-3-5)15-9(13-6)7-4-16-10(11)14-7/h2-4H,1H3,(H2,11,14)(H,12,13,15). The Labute approximate surface area is 95.4 Å². The first-order valence-corrected chi connectivity index (χ1v) is 5.64. The average molecular weight is 231 g/mol. The summed E-state index contributed by atoms with van der Waals surface area (Å²) in [7, 11) is 0. The van der Waals surface area contributed by atoms with Gasteiger partial charge in [-0.2, -0.15) is 0 Å². The van der Waals surface area contributed by atoms with Gasteiger partial charge in [0.05, 0.1) is 5.52 Å². The van der Waals surface area contributed by atoms with E-state index in [0.29, 0.717) is 16.6 Å². The van der Waals surface area contributed by atoms with E-state index in [0.717, 1.165) is 16.8 Å². The summed E-state index contributed by atoms with van der Waals surface area (Å²) in [5.74, 6) is 0.709. The molecule has 5 nitrogen and oxygen atoms in total. The largest absolute Gasteiger partial charge is 0.375 e. The van der Waals surface area contributed by atoms with Crippen LogP contribution < -0.4 is 5.73 Å². The van der Waals surface area contributed by atoms with Crippen molar-refractivity contribution in [2.75, 3.05) is 5.73 Å². The molecule has 3 aromatic heterocycles. The second kappa shape index (κ2) is 3.28. The van der Waals surface area contributed by atoms with Crippen molar-refractivity contribution < 1.29 is 0 Å². The van der Waals surface area contributed by atoms with Gasteiger partial charge < -0.3 is 10.7 Å². The Morgan fingerprint density at radius 2 is 2.25 bits per heavy atom. The number of rotatable bonds is 1. The van der Waals surface area contributed by atoms with Crippen LogP contribution in [0.1, 0.15) is 5.56 Å². The van der Waals surface area contributed by atoms with Crippen LogP contribution >= 0.6 is 11.3 Å². The van der Waals surface area contributed by atoms with Crippen molar-refractivity contribution in [3.8, 4) is 11.5 Å². The second-order valence-electron chi connectivity index (χ2n) is 3.54. The van der Waals surface area contributed by atoms with Gasteiger partial charge in [-0.25, -0.2) is 15.0 Å². The fourth-order valence-corrected chi connectivity index (χ4v) is 2.07. The number of fused-ring (bicyclic) bond motifs is 1. The van der Waals surface area contributed by atoms with Gasteiger partial charge >= 0.3 is 0 Å². The second-order valence-corrected chi connectivity index (χ2v) is 4.43. The Hall–Kier alpha value is -1.95. The molecule has 80 valence electrons. The van der Waals surface area contributed by atoms with Crippen LogP contribution in [0.25, 0.3) is 22.7 Å². The number of pyridine rings is 1. The SMILES string of the molecule is Cc1cnc2nc(-c3csc(N)n3)[nH]c2c1. The lowest BCUT2D eigenvalue weighted by Gasteiger charge is -1.88. The zero-order valence-electron chi connectivity index (χ0n) is 8.56. The lowest BCUT2D eigenvalue weighted by atomic mass is 10.3. The van der Waals surface area contributed by atoms with E-state index >= 15 is 0 Å². The molecular formula is C10H9N5S. The molecule has 0 atom stereocenters. The highest BCUT2D eigenvalue weighted by atomic mass is 32.1. The third-order valence-corrected chi connectivity index (χ3v) is 2.91. The zero-order chi connectivity index (χ0) is 11.1. The molecule has 0 aromatic carbocycles. The lowest BCUT2D eigenvalue weighted by molar-refractivity contribution is 1.26. The maximum Gasteiger partial charge on any atom is 0.180 e. The molecule has 3 heterocycles. The summed E-state index contributed by atoms with van der Waals surface area (Å²) in [5.41, 5.74) is 9.06. The van der Waals surface area contributed by atoms with Crippen LogP contribution in [0.4, 0.5) is 5.13 Å². The minimum Gasteiger partial charge on any atom is -0.375 e. The first kappa shape index (κ1) is 9.29. The molecule has 0 aliphatic heterocycles. The summed E-state index contributed by atoms with van der Waals surface area (Å²) in [5, 5.41) is 2.42. The van der Waals surface area contributed by atoms with E-state index < -0.39 is 0 Å². The fraction of sp³-hybridized carbons (Fsp3) is 0.100. The summed E-state index contributed by atoms with van der Waals surface area (Å²) in [6, 6.07) is 2.01. The average Bonchev–Trinajstić information content (AvgIpc) is 2.83. The lowest BCUT2D eigenvalue weighted by Crippen LogP contribution is -1.84. The van der Waals surface area contributed by atoms with Gasteiger partial charge in [0.25, 0.3) is 0 Å². The number of thiazole rings is 1. The first-order chi connectivity index (χ1) is 7.72. The predicted octanol–water partition coefficient (Wildman–Crippen LogP) is 1.97. The highest BCUT2D eigenvalue weighted by Crippen LogP contribution is 2.22. The van der Waals surface area contributed by atoms with Crippen LogP contribution in [-0.2, 0) is 0 Å². The molecule has 0 fully saturated rings. The van der Waals surface area contributed by atoms with Gasteiger partial charge in [0.1, 0.15) is 5.69 Å². The van der Waals surface area contributed by atoms with Crippen molar-refractivity contribution in [2.24, 2.45) is 0 Å². The number of nitrogen functional groups attached to an aromatic ring is 1. The Bertz CT molecular complexity index is 654. The van der Waals surface area contributed by atoms with E-state index in [-0.39, 0.29) is 0 Å². The normalized spacial score (nSPS) is 11.1. The highest BCUT2D eigenvalue weighted by molar-refractivity contribution is 7.13. The molecule has 3 N–H and O–H groups in total. The van der Waals surface area contributed by atoms with Gasteiger partial charge in [0, 0.05) is 11.6 Å². The van der Waals surface area contributed by atoms with Crippen LogP contribution in [0.3, 0.4) is 0 Å². The maximum atomic E-state index is 5.58. The third-order valence-electron chi connectivity index (χ3n) is 2.24. The van der Waals surface area contributed by atoms with E-state index in [1.807, 2.05) is 18.4 Å². The summed E-state index contributed by atoms with van der Waals surface area (Å²) < 4.78 is 0. The summed E-state index contributed by atoms with van der Waals surface area (Å²) in [6.07, 6.45) is 1.79. The number of aryl methyl sites for hydroxylation is 1. The number of H-pyrrole nitrogens is 1. The van der Waals surface area contributed by atoms with Gasteiger partial charge in [0.2, 0.25) is 0 Å². The molecule has 0 saturated carbocycles. The smallest absolute Gasteiger partial charge is 0.180 e. The molecule has 6 heteroatoms. The highest BCUT2D eigenvalue weighted by Gasteiger charge is 2.08. The number of aromatic amines is 1. The Balaban J connectivity index is 2.18. The van der Waals surface area contributed by atoms with Crippen molar-refractivity contribution in [3.63, 3.8) is 0 Å². The predicted molar refractivity (Wildman–Crippen MR) is 64.1 cm³/mol. The molecule has 3 aromatic rings. The van der Waals surface area contributed by atoms with E-state index in [2.05, 4.69) is 19.9 Å². The number of imidazole rings is 1. The molecule has 0 amide bonds. The van der Waals surface area contributed by atoms with Gasteiger partial charge in [-0.3, -0.25) is 0 Å². The number of nitrogens with two attached hydrogens (primary N) is 1. The summed E-state index contributed by atoms with van der Waals surface area (Å²) in [4.78, 5) is 15.9. The van der Waals surface area contributed by atoms with Crippen LogP contribution in [0, 0.1) is 6.92 Å². The van der Waals surface area contributed by atoms with E-state index in [9.17, 15) is 0 Å². The van der Waals surface area contributed by atoms with Gasteiger partial charge in [-0.1, -0.05) is 0 Å². The van der Waals surface area contributed by atoms with Crippen LogP contribution in [0.15, 0.2) is 17.6 Å². The van der Waals surface area contributed by atoms with Gasteiger partial charge in [-0.15, -0.1) is 11.3 Å². The number of aromatic nitrogens is 4. The number of anilines is 1. The van der Waals surface area contributed by atoms with Gasteiger partial charge in [-0.05, 0) is 18.6 Å². The molecule has 0 spiro atoms. The van der Waals surface area contributed by atoms with Crippen molar-refractivity contribution >= 4 is 27.6 Å². The quantitative estimate of drug-likeness (QED) is 0.671. The monoisotopic (exact) mass is 231 g/mol. The van der Waals surface area contributed by atoms with E-state index in [1.54, 1.807) is 6.20 Å². The Morgan fingerprint density at radius 1 is 1.38 bits per heavy atom. The molecule has 16 heavy (non-hydrogen) atoms. The zero-order valence-corrected chi connectivity index (χ0v) is 9.38. The number of nitrogens with one attached hydrogen (secondary N) is 1. The minimum absolute atomic E-state index is 0.541. The topological polar surface area (TPSA) is 80.5 Å². The molecule has 0 aliphatic rings. The Kier molecular flexibility index (Phi) is 1.90. The van der Waals surface area contributed by atoms with Crippen molar-refractivity contribution in [3.05, 3.63) is 23.2 Å². The number of nitrogens with zero attached hydrogens (tertiary/aromatic N) is 3. The van der Waals surface area contributed by atoms with E-state index in [1.165, 1.54) is 11.3 Å². The molecular weight excluding hydrogens is 222 g/mol. The molecule has 0 radical (unpaired) electrons. The van der Waals surface area contributed by atoms with Crippen LogP contribution in [0.2, 0.25) is 0 Å². The molecule has 0 unspecified atom stereocenters. The number of hydrogen-bond acceptors (Lipinski definition) is 5. The molecule has 0 bridgehead atoms. The molecule has 0 aliphatic carbocycles. The van der Waals surface area contributed by atoms with Crippen LogP contribution in [-0.4, -0.2) is 19.9 Å². The molecule has 3 rings (SSSR count). The molecule has 0 saturated heterocycles. The summed E-state index contributed by atoms with van der Waals surface area (Å²) in [6.45, 7) is 1.99. The van der Waals surface area contributed by atoms with Crippen molar-refractivity contribution in [1.82, 2.24) is 19.9 Å². The van der Waals surface area contributed by atoms with Crippen LogP contribution in [0.5, 0.6) is 0 Å². The maximum absolute atomic E-state index is 5.58. The van der Waals surface area contributed by atoms with E-state index in [4.69, 9.17) is 5.73 Å². The third kappa shape index (κ3) is 1.43. The first-order valence-electron chi connectivity index (χ1n) is 4.76. The number of hydrogen-bond donors (Lipinski definition) is 2. The summed E-state index contributed by atoms with van der Waals surface area (Å²) >= 11 is 1.40. The van der Waals surface area contributed by atoms with Crippen molar-refractivity contribution in [1.29, 1.82) is 0 Å². The fourth-order valence-electron chi connectivity index (χ4n) is 1.52.